The third-order valence-corrected chi connectivity index (χ3v) is 2.56. The number of aromatic nitrogens is 1. The number of hydrogen-bond donors (Lipinski definition) is 1. The van der Waals surface area contributed by atoms with E-state index in [-0.39, 0.29) is 11.4 Å². The fraction of sp³-hybridized carbons (Fsp3) is 0.250. The maximum Gasteiger partial charge on any atom is 0.417 e. The van der Waals surface area contributed by atoms with Crippen molar-refractivity contribution in [2.24, 2.45) is 5.73 Å². The summed E-state index contributed by atoms with van der Waals surface area (Å²) in [6.07, 6.45) is -3.13. The van der Waals surface area contributed by atoms with Crippen molar-refractivity contribution in [1.82, 2.24) is 4.98 Å². The van der Waals surface area contributed by atoms with Crippen LogP contribution in [-0.2, 0) is 6.18 Å². The molecule has 0 radical (unpaired) electrons. The lowest BCUT2D eigenvalue weighted by atomic mass is 10.0. The lowest BCUT2D eigenvalue weighted by Gasteiger charge is -2.11. The van der Waals surface area contributed by atoms with E-state index in [9.17, 15) is 13.2 Å². The molecule has 0 aliphatic carbocycles. The minimum atomic E-state index is -4.36. The summed E-state index contributed by atoms with van der Waals surface area (Å²) in [5.74, 6) is 0. The molecule has 90 valence electrons. The number of fused-ring (bicyclic) bond motifs is 1. The molecule has 0 fully saturated rings. The quantitative estimate of drug-likeness (QED) is 0.830. The summed E-state index contributed by atoms with van der Waals surface area (Å²) in [4.78, 5) is 3.96. The average molecular weight is 240 g/mol. The highest BCUT2D eigenvalue weighted by molar-refractivity contribution is 5.85. The topological polar surface area (TPSA) is 38.9 Å². The van der Waals surface area contributed by atoms with Crippen LogP contribution >= 0.6 is 0 Å². The molecule has 0 saturated carbocycles. The van der Waals surface area contributed by atoms with Crippen molar-refractivity contribution < 1.29 is 13.2 Å². The Balaban J connectivity index is 2.67. The molecule has 5 heteroatoms. The Morgan fingerprint density at radius 3 is 2.59 bits per heavy atom. The zero-order valence-electron chi connectivity index (χ0n) is 9.12. The summed E-state index contributed by atoms with van der Waals surface area (Å²) in [6.45, 7) is 1.74. The highest BCUT2D eigenvalue weighted by Crippen LogP contribution is 2.34. The van der Waals surface area contributed by atoms with E-state index >= 15 is 0 Å². The average Bonchev–Trinajstić information content (AvgIpc) is 2.26. The number of nitrogens with two attached hydrogens (primary N) is 1. The highest BCUT2D eigenvalue weighted by Gasteiger charge is 2.32. The van der Waals surface area contributed by atoms with E-state index in [4.69, 9.17) is 5.73 Å². The first-order chi connectivity index (χ1) is 7.89. The Kier molecular flexibility index (Phi) is 2.79. The van der Waals surface area contributed by atoms with Gasteiger partial charge in [-0.05, 0) is 24.4 Å². The molecule has 2 nitrogen and oxygen atoms in total. The Hall–Kier alpha value is -1.62. The number of alkyl halides is 3. The van der Waals surface area contributed by atoms with Crippen LogP contribution in [0.5, 0.6) is 0 Å². The molecule has 0 unspecified atom stereocenters. The van der Waals surface area contributed by atoms with Gasteiger partial charge in [0.2, 0.25) is 0 Å². The summed E-state index contributed by atoms with van der Waals surface area (Å²) in [5, 5.41) is 0.603. The molecule has 0 amide bonds. The van der Waals surface area contributed by atoms with Crippen molar-refractivity contribution in [1.29, 1.82) is 0 Å². The lowest BCUT2D eigenvalue weighted by molar-refractivity contribution is -0.136. The molecule has 2 aromatic rings. The van der Waals surface area contributed by atoms with Gasteiger partial charge in [-0.1, -0.05) is 12.1 Å². The van der Waals surface area contributed by atoms with Gasteiger partial charge < -0.3 is 5.73 Å². The molecular formula is C12H11F3N2. The van der Waals surface area contributed by atoms with Crippen LogP contribution in [-0.4, -0.2) is 4.98 Å². The van der Waals surface area contributed by atoms with Gasteiger partial charge in [0.1, 0.15) is 0 Å². The van der Waals surface area contributed by atoms with Gasteiger partial charge in [-0.15, -0.1) is 0 Å². The van der Waals surface area contributed by atoms with E-state index < -0.39 is 11.7 Å². The van der Waals surface area contributed by atoms with Crippen LogP contribution in [0.25, 0.3) is 10.8 Å². The predicted molar refractivity (Wildman–Crippen MR) is 59.3 cm³/mol. The van der Waals surface area contributed by atoms with Crippen molar-refractivity contribution >= 4 is 10.8 Å². The SMILES string of the molecule is C[C@H](N)c1cc2cccc(C(F)(F)F)c2cn1. The molecule has 1 atom stereocenters. The minimum Gasteiger partial charge on any atom is -0.323 e. The van der Waals surface area contributed by atoms with Crippen LogP contribution in [0.3, 0.4) is 0 Å². The molecular weight excluding hydrogens is 229 g/mol. The second-order valence-electron chi connectivity index (χ2n) is 3.92. The number of benzene rings is 1. The van der Waals surface area contributed by atoms with E-state index in [2.05, 4.69) is 4.98 Å². The first kappa shape index (κ1) is 11.9. The minimum absolute atomic E-state index is 0.101. The second-order valence-corrected chi connectivity index (χ2v) is 3.92. The number of nitrogens with zero attached hydrogens (tertiary/aromatic N) is 1. The van der Waals surface area contributed by atoms with E-state index in [0.29, 0.717) is 11.1 Å². The summed E-state index contributed by atoms with van der Waals surface area (Å²) in [5.41, 5.74) is 5.56. The molecule has 0 spiro atoms. The van der Waals surface area contributed by atoms with Crippen LogP contribution in [0.2, 0.25) is 0 Å². The first-order valence-corrected chi connectivity index (χ1v) is 5.11. The van der Waals surface area contributed by atoms with Gasteiger partial charge in [0.15, 0.2) is 0 Å². The summed E-state index contributed by atoms with van der Waals surface area (Å²) in [7, 11) is 0. The van der Waals surface area contributed by atoms with Crippen LogP contribution in [0.1, 0.15) is 24.2 Å². The normalized spacial score (nSPS) is 13.9. The van der Waals surface area contributed by atoms with Gasteiger partial charge >= 0.3 is 6.18 Å². The van der Waals surface area contributed by atoms with Crippen LogP contribution in [0, 0.1) is 0 Å². The van der Waals surface area contributed by atoms with Crippen molar-refractivity contribution in [3.63, 3.8) is 0 Å². The van der Waals surface area contributed by atoms with Crippen LogP contribution in [0.4, 0.5) is 13.2 Å². The van der Waals surface area contributed by atoms with Crippen molar-refractivity contribution in [3.8, 4) is 0 Å². The zero-order chi connectivity index (χ0) is 12.6. The fourth-order valence-electron chi connectivity index (χ4n) is 1.68. The Labute approximate surface area is 96.3 Å². The maximum absolute atomic E-state index is 12.7. The van der Waals surface area contributed by atoms with Gasteiger partial charge in [0, 0.05) is 17.6 Å². The third kappa shape index (κ3) is 2.24. The van der Waals surface area contributed by atoms with Crippen molar-refractivity contribution in [2.75, 3.05) is 0 Å². The molecule has 0 saturated heterocycles. The Bertz CT molecular complexity index is 547. The van der Waals surface area contributed by atoms with E-state index in [0.717, 1.165) is 6.07 Å². The van der Waals surface area contributed by atoms with E-state index in [1.165, 1.54) is 12.3 Å². The molecule has 1 aromatic heterocycles. The summed E-state index contributed by atoms with van der Waals surface area (Å²) in [6, 6.07) is 5.35. The Morgan fingerprint density at radius 2 is 2.00 bits per heavy atom. The fourth-order valence-corrected chi connectivity index (χ4v) is 1.68. The first-order valence-electron chi connectivity index (χ1n) is 5.11. The predicted octanol–water partition coefficient (Wildman–Crippen LogP) is 3.27. The number of halogens is 3. The number of pyridine rings is 1. The van der Waals surface area contributed by atoms with Gasteiger partial charge in [0.25, 0.3) is 0 Å². The molecule has 2 rings (SSSR count). The zero-order valence-corrected chi connectivity index (χ0v) is 9.12. The Morgan fingerprint density at radius 1 is 1.29 bits per heavy atom. The monoisotopic (exact) mass is 240 g/mol. The lowest BCUT2D eigenvalue weighted by Crippen LogP contribution is -2.09. The maximum atomic E-state index is 12.7. The van der Waals surface area contributed by atoms with Gasteiger partial charge in [-0.3, -0.25) is 4.98 Å². The van der Waals surface area contributed by atoms with Crippen molar-refractivity contribution in [3.05, 3.63) is 41.7 Å². The van der Waals surface area contributed by atoms with E-state index in [1.54, 1.807) is 19.1 Å². The molecule has 0 aliphatic rings. The number of hydrogen-bond acceptors (Lipinski definition) is 2. The third-order valence-electron chi connectivity index (χ3n) is 2.56. The van der Waals surface area contributed by atoms with Crippen molar-refractivity contribution in [2.45, 2.75) is 19.1 Å². The molecule has 0 bridgehead atoms. The van der Waals surface area contributed by atoms with Gasteiger partial charge in [-0.2, -0.15) is 13.2 Å². The number of rotatable bonds is 1. The molecule has 0 aliphatic heterocycles. The molecule has 1 heterocycles. The van der Waals surface area contributed by atoms with E-state index in [1.807, 2.05) is 0 Å². The summed E-state index contributed by atoms with van der Waals surface area (Å²) < 4.78 is 38.2. The van der Waals surface area contributed by atoms with Gasteiger partial charge in [0.05, 0.1) is 11.3 Å². The van der Waals surface area contributed by atoms with Gasteiger partial charge in [-0.25, -0.2) is 0 Å². The van der Waals surface area contributed by atoms with Crippen LogP contribution in [0.15, 0.2) is 30.5 Å². The molecule has 17 heavy (non-hydrogen) atoms. The molecule has 1 aromatic carbocycles. The smallest absolute Gasteiger partial charge is 0.323 e. The standard InChI is InChI=1S/C12H11F3N2/c1-7(16)11-5-8-3-2-4-10(12(13,14)15)9(8)6-17-11/h2-7H,16H2,1H3/t7-/m0/s1. The van der Waals surface area contributed by atoms with Crippen LogP contribution < -0.4 is 5.73 Å². The highest BCUT2D eigenvalue weighted by atomic mass is 19.4. The largest absolute Gasteiger partial charge is 0.417 e. The second kappa shape index (κ2) is 4.00. The molecule has 2 N–H and O–H groups in total. The summed E-state index contributed by atoms with van der Waals surface area (Å²) >= 11 is 0.